The van der Waals surface area contributed by atoms with Crippen LogP contribution in [0.5, 0.6) is 0 Å². The van der Waals surface area contributed by atoms with Crippen LogP contribution in [0.2, 0.25) is 0 Å². The number of urea groups is 1. The van der Waals surface area contributed by atoms with Gasteiger partial charge in [-0.3, -0.25) is 4.98 Å². The summed E-state index contributed by atoms with van der Waals surface area (Å²) in [6, 6.07) is 3.87. The first-order chi connectivity index (χ1) is 7.68. The highest BCUT2D eigenvalue weighted by Crippen LogP contribution is 2.13. The van der Waals surface area contributed by atoms with E-state index < -0.39 is 0 Å². The molecule has 1 fully saturated rings. The Balaban J connectivity index is 0.00000144. The lowest BCUT2D eigenvalue weighted by Crippen LogP contribution is -2.28. The van der Waals surface area contributed by atoms with Crippen LogP contribution in [-0.4, -0.2) is 46.8 Å². The van der Waals surface area contributed by atoms with E-state index in [4.69, 9.17) is 0 Å². The lowest BCUT2D eigenvalue weighted by Gasteiger charge is -2.11. The van der Waals surface area contributed by atoms with Gasteiger partial charge < -0.3 is 4.90 Å². The average molecular weight is 255 g/mol. The lowest BCUT2D eigenvalue weighted by atomic mass is 10.3. The predicted molar refractivity (Wildman–Crippen MR) is 68.4 cm³/mol. The number of carbonyl (C=O) groups is 1. The van der Waals surface area contributed by atoms with Crippen molar-refractivity contribution in [2.45, 2.75) is 13.0 Å². The predicted octanol–water partition coefficient (Wildman–Crippen LogP) is 1.59. The zero-order chi connectivity index (χ0) is 11.5. The van der Waals surface area contributed by atoms with E-state index in [1.54, 1.807) is 30.6 Å². The Morgan fingerprint density at radius 3 is 2.88 bits per heavy atom. The molecule has 2 rings (SSSR count). The summed E-state index contributed by atoms with van der Waals surface area (Å²) in [5.74, 6) is 0. The SMILES string of the molecule is CC1CN(N=Cc2cccnc2)C(=O)N1C.Cl. The normalized spacial score (nSPS) is 19.9. The van der Waals surface area contributed by atoms with Gasteiger partial charge in [-0.2, -0.15) is 5.10 Å². The molecular weight excluding hydrogens is 240 g/mol. The van der Waals surface area contributed by atoms with Crippen LogP contribution >= 0.6 is 12.4 Å². The van der Waals surface area contributed by atoms with Crippen molar-refractivity contribution < 1.29 is 4.79 Å². The fourth-order valence-corrected chi connectivity index (χ4v) is 1.51. The van der Waals surface area contributed by atoms with Crippen molar-refractivity contribution in [2.24, 2.45) is 5.10 Å². The largest absolute Gasteiger partial charge is 0.340 e. The van der Waals surface area contributed by atoms with E-state index >= 15 is 0 Å². The molecule has 6 heteroatoms. The number of carbonyl (C=O) groups excluding carboxylic acids is 1. The maximum absolute atomic E-state index is 11.7. The van der Waals surface area contributed by atoms with Gasteiger partial charge in [0.05, 0.1) is 18.8 Å². The minimum atomic E-state index is -0.0624. The van der Waals surface area contributed by atoms with E-state index in [0.717, 1.165) is 5.56 Å². The topological polar surface area (TPSA) is 48.8 Å². The molecule has 0 aliphatic carbocycles. The van der Waals surface area contributed by atoms with Gasteiger partial charge in [-0.25, -0.2) is 9.80 Å². The van der Waals surface area contributed by atoms with Crippen molar-refractivity contribution in [3.8, 4) is 0 Å². The van der Waals surface area contributed by atoms with Gasteiger partial charge in [0.2, 0.25) is 0 Å². The third-order valence-corrected chi connectivity index (χ3v) is 2.65. The highest BCUT2D eigenvalue weighted by molar-refractivity contribution is 5.85. The summed E-state index contributed by atoms with van der Waals surface area (Å²) in [5, 5.41) is 5.62. The summed E-state index contributed by atoms with van der Waals surface area (Å²) in [5.41, 5.74) is 0.887. The monoisotopic (exact) mass is 254 g/mol. The number of halogens is 1. The van der Waals surface area contributed by atoms with Gasteiger partial charge in [-0.1, -0.05) is 6.07 Å². The molecule has 0 spiro atoms. The van der Waals surface area contributed by atoms with Crippen LogP contribution in [-0.2, 0) is 0 Å². The van der Waals surface area contributed by atoms with Gasteiger partial charge in [0, 0.05) is 25.0 Å². The molecule has 1 aliphatic rings. The smallest absolute Gasteiger partial charge is 0.322 e. The highest BCUT2D eigenvalue weighted by atomic mass is 35.5. The van der Waals surface area contributed by atoms with Gasteiger partial charge in [0.25, 0.3) is 0 Å². The Bertz CT molecular complexity index is 409. The van der Waals surface area contributed by atoms with Crippen LogP contribution in [0, 0.1) is 0 Å². The van der Waals surface area contributed by atoms with Crippen LogP contribution in [0.15, 0.2) is 29.6 Å². The van der Waals surface area contributed by atoms with E-state index in [1.807, 2.05) is 19.1 Å². The van der Waals surface area contributed by atoms with Gasteiger partial charge in [0.15, 0.2) is 0 Å². The molecule has 17 heavy (non-hydrogen) atoms. The minimum Gasteiger partial charge on any atom is -0.322 e. The fourth-order valence-electron chi connectivity index (χ4n) is 1.51. The second-order valence-corrected chi connectivity index (χ2v) is 3.86. The molecular formula is C11H15ClN4O. The molecule has 0 N–H and O–H groups in total. The third kappa shape index (κ3) is 2.94. The summed E-state index contributed by atoms with van der Waals surface area (Å²) in [4.78, 5) is 17.3. The third-order valence-electron chi connectivity index (χ3n) is 2.65. The van der Waals surface area contributed by atoms with Crippen LogP contribution in [0.1, 0.15) is 12.5 Å². The molecule has 1 unspecified atom stereocenters. The van der Waals surface area contributed by atoms with E-state index in [-0.39, 0.29) is 24.5 Å². The molecule has 1 saturated heterocycles. The molecule has 1 aliphatic heterocycles. The molecule has 92 valence electrons. The second kappa shape index (κ2) is 5.63. The number of nitrogens with zero attached hydrogens (tertiary/aromatic N) is 4. The number of likely N-dealkylation sites (N-methyl/N-ethyl adjacent to an activating group) is 1. The summed E-state index contributed by atoms with van der Waals surface area (Å²) in [7, 11) is 1.78. The Labute approximate surface area is 107 Å². The maximum Gasteiger partial charge on any atom is 0.340 e. The molecule has 0 saturated carbocycles. The highest BCUT2D eigenvalue weighted by Gasteiger charge is 2.31. The number of aromatic nitrogens is 1. The van der Waals surface area contributed by atoms with E-state index in [2.05, 4.69) is 10.1 Å². The Morgan fingerprint density at radius 1 is 1.59 bits per heavy atom. The Hall–Kier alpha value is -1.62. The molecule has 0 radical (unpaired) electrons. The van der Waals surface area contributed by atoms with Crippen LogP contribution in [0.3, 0.4) is 0 Å². The van der Waals surface area contributed by atoms with E-state index in [1.165, 1.54) is 5.01 Å². The first kappa shape index (κ1) is 13.4. The number of pyridine rings is 1. The number of hydrazone groups is 1. The molecule has 5 nitrogen and oxygen atoms in total. The average Bonchev–Trinajstić information content (AvgIpc) is 2.56. The molecule has 0 bridgehead atoms. The second-order valence-electron chi connectivity index (χ2n) is 3.86. The number of hydrogen-bond acceptors (Lipinski definition) is 3. The standard InChI is InChI=1S/C11H14N4O.ClH/c1-9-8-15(11(16)14(9)2)13-7-10-4-3-5-12-6-10;/h3-7,9H,8H2,1-2H3;1H. The summed E-state index contributed by atoms with van der Waals surface area (Å²) >= 11 is 0. The first-order valence-corrected chi connectivity index (χ1v) is 5.17. The van der Waals surface area contributed by atoms with Gasteiger partial charge in [0.1, 0.15) is 0 Å². The zero-order valence-corrected chi connectivity index (χ0v) is 10.6. The van der Waals surface area contributed by atoms with Gasteiger partial charge >= 0.3 is 6.03 Å². The van der Waals surface area contributed by atoms with Crippen molar-refractivity contribution in [1.29, 1.82) is 0 Å². The molecule has 1 aromatic heterocycles. The molecule has 2 amide bonds. The first-order valence-electron chi connectivity index (χ1n) is 5.17. The van der Waals surface area contributed by atoms with E-state index in [0.29, 0.717) is 6.54 Å². The fraction of sp³-hybridized carbons (Fsp3) is 0.364. The summed E-state index contributed by atoms with van der Waals surface area (Å²) < 4.78 is 0. The summed E-state index contributed by atoms with van der Waals surface area (Å²) in [6.45, 7) is 2.63. The van der Waals surface area contributed by atoms with Gasteiger partial charge in [-0.15, -0.1) is 12.4 Å². The van der Waals surface area contributed by atoms with Crippen LogP contribution < -0.4 is 0 Å². The quantitative estimate of drug-likeness (QED) is 0.753. The van der Waals surface area contributed by atoms with E-state index in [9.17, 15) is 4.79 Å². The minimum absolute atomic E-state index is 0. The van der Waals surface area contributed by atoms with Gasteiger partial charge in [-0.05, 0) is 13.0 Å². The van der Waals surface area contributed by atoms with Crippen LogP contribution in [0.4, 0.5) is 4.79 Å². The molecule has 1 atom stereocenters. The molecule has 0 aromatic carbocycles. The molecule has 1 aromatic rings. The van der Waals surface area contributed by atoms with Crippen molar-refractivity contribution in [2.75, 3.05) is 13.6 Å². The summed E-state index contributed by atoms with van der Waals surface area (Å²) in [6.07, 6.45) is 5.06. The maximum atomic E-state index is 11.7. The van der Waals surface area contributed by atoms with Crippen molar-refractivity contribution in [3.63, 3.8) is 0 Å². The van der Waals surface area contributed by atoms with Crippen molar-refractivity contribution in [3.05, 3.63) is 30.1 Å². The Morgan fingerprint density at radius 2 is 2.35 bits per heavy atom. The lowest BCUT2D eigenvalue weighted by molar-refractivity contribution is 0.197. The number of amides is 2. The van der Waals surface area contributed by atoms with Crippen molar-refractivity contribution >= 4 is 24.7 Å². The number of rotatable bonds is 2. The molecule has 2 heterocycles. The van der Waals surface area contributed by atoms with Crippen LogP contribution in [0.25, 0.3) is 0 Å². The van der Waals surface area contributed by atoms with Crippen molar-refractivity contribution in [1.82, 2.24) is 14.9 Å². The Kier molecular flexibility index (Phi) is 4.45. The number of hydrogen-bond donors (Lipinski definition) is 0. The zero-order valence-electron chi connectivity index (χ0n) is 9.78.